The van der Waals surface area contributed by atoms with Gasteiger partial charge < -0.3 is 9.72 Å². The lowest BCUT2D eigenvalue weighted by molar-refractivity contribution is -0.142. The molecule has 0 aliphatic carbocycles. The molecule has 0 fully saturated rings. The Morgan fingerprint density at radius 3 is 2.68 bits per heavy atom. The number of nitrogens with one attached hydrogen (secondary N) is 1. The van der Waals surface area contributed by atoms with Gasteiger partial charge in [-0.15, -0.1) is 0 Å². The van der Waals surface area contributed by atoms with Crippen LogP contribution in [-0.2, 0) is 6.18 Å². The Labute approximate surface area is 105 Å². The van der Waals surface area contributed by atoms with Crippen molar-refractivity contribution in [3.63, 3.8) is 0 Å². The summed E-state index contributed by atoms with van der Waals surface area (Å²) in [7, 11) is 0. The van der Waals surface area contributed by atoms with Crippen LogP contribution in [0.4, 0.5) is 13.2 Å². The monoisotopic (exact) mass is 270 g/mol. The average molecular weight is 270 g/mol. The highest BCUT2D eigenvalue weighted by atomic mass is 19.4. The number of rotatable bonds is 2. The van der Waals surface area contributed by atoms with Crippen LogP contribution in [0.25, 0.3) is 0 Å². The largest absolute Gasteiger partial charge is 0.449 e. The quantitative estimate of drug-likeness (QED) is 0.912. The van der Waals surface area contributed by atoms with E-state index >= 15 is 0 Å². The van der Waals surface area contributed by atoms with E-state index in [1.54, 1.807) is 19.1 Å². The minimum Gasteiger partial charge on any atom is -0.449 e. The van der Waals surface area contributed by atoms with Crippen LogP contribution in [0.2, 0.25) is 0 Å². The van der Waals surface area contributed by atoms with Gasteiger partial charge in [-0.25, -0.2) is 4.98 Å². The highest BCUT2D eigenvalue weighted by molar-refractivity contribution is 5.35. The molecule has 0 unspecified atom stereocenters. The van der Waals surface area contributed by atoms with E-state index in [0.29, 0.717) is 6.33 Å². The molecule has 19 heavy (non-hydrogen) atoms. The first-order chi connectivity index (χ1) is 8.88. The first kappa shape index (κ1) is 13.1. The van der Waals surface area contributed by atoms with Crippen molar-refractivity contribution in [1.29, 1.82) is 0 Å². The Morgan fingerprint density at radius 2 is 2.05 bits per heavy atom. The molecule has 1 heterocycles. The number of ether oxygens (including phenoxy) is 1. The lowest BCUT2D eigenvalue weighted by Crippen LogP contribution is -2.18. The molecule has 0 saturated heterocycles. The lowest BCUT2D eigenvalue weighted by Gasteiger charge is -2.11. The molecule has 0 spiro atoms. The van der Waals surface area contributed by atoms with E-state index in [1.165, 1.54) is 12.1 Å². The Morgan fingerprint density at radius 1 is 1.32 bits per heavy atom. The van der Waals surface area contributed by atoms with E-state index in [1.807, 2.05) is 0 Å². The molecule has 0 aliphatic heterocycles. The van der Waals surface area contributed by atoms with Gasteiger partial charge in [-0.1, -0.05) is 12.1 Å². The summed E-state index contributed by atoms with van der Waals surface area (Å²) in [5.74, 6) is -0.718. The van der Waals surface area contributed by atoms with E-state index in [0.717, 1.165) is 5.56 Å². The van der Waals surface area contributed by atoms with Crippen LogP contribution >= 0.6 is 0 Å². The van der Waals surface area contributed by atoms with Crippen molar-refractivity contribution in [2.24, 2.45) is 0 Å². The summed E-state index contributed by atoms with van der Waals surface area (Å²) < 4.78 is 43.2. The summed E-state index contributed by atoms with van der Waals surface area (Å²) >= 11 is 0. The fourth-order valence-electron chi connectivity index (χ4n) is 1.48. The van der Waals surface area contributed by atoms with E-state index in [9.17, 15) is 18.0 Å². The third-order valence-corrected chi connectivity index (χ3v) is 2.29. The molecular weight excluding hydrogens is 261 g/mol. The molecular formula is C12H9F3N2O2. The molecule has 0 amide bonds. The van der Waals surface area contributed by atoms with Gasteiger partial charge in [0.15, 0.2) is 5.69 Å². The molecule has 2 aromatic rings. The number of aryl methyl sites for hydroxylation is 1. The van der Waals surface area contributed by atoms with Crippen molar-refractivity contribution in [1.82, 2.24) is 9.97 Å². The van der Waals surface area contributed by atoms with E-state index in [2.05, 4.69) is 9.97 Å². The number of alkyl halides is 3. The van der Waals surface area contributed by atoms with Crippen LogP contribution in [0.5, 0.6) is 11.5 Å². The van der Waals surface area contributed by atoms with Crippen LogP contribution in [0.1, 0.15) is 11.3 Å². The predicted octanol–water partition coefficient (Wildman–Crippen LogP) is 2.89. The molecule has 0 saturated carbocycles. The van der Waals surface area contributed by atoms with Crippen LogP contribution < -0.4 is 10.3 Å². The van der Waals surface area contributed by atoms with Gasteiger partial charge in [0.1, 0.15) is 5.75 Å². The molecule has 1 N–H and O–H groups in total. The maximum Gasteiger partial charge on any atom is 0.437 e. The number of aromatic amines is 1. The van der Waals surface area contributed by atoms with Gasteiger partial charge in [0.2, 0.25) is 5.75 Å². The topological polar surface area (TPSA) is 55.0 Å². The Balaban J connectivity index is 2.48. The summed E-state index contributed by atoms with van der Waals surface area (Å²) in [6, 6.07) is 6.35. The second-order valence-corrected chi connectivity index (χ2v) is 3.83. The highest BCUT2D eigenvalue weighted by Gasteiger charge is 2.38. The zero-order valence-electron chi connectivity index (χ0n) is 9.78. The Kier molecular flexibility index (Phi) is 3.28. The molecule has 0 radical (unpaired) electrons. The molecule has 2 rings (SSSR count). The fraction of sp³-hybridized carbons (Fsp3) is 0.167. The van der Waals surface area contributed by atoms with Gasteiger partial charge in [0.25, 0.3) is 5.56 Å². The third-order valence-electron chi connectivity index (χ3n) is 2.29. The molecule has 0 atom stereocenters. The maximum atomic E-state index is 12.7. The van der Waals surface area contributed by atoms with Gasteiger partial charge in [-0.05, 0) is 24.6 Å². The fourth-order valence-corrected chi connectivity index (χ4v) is 1.48. The van der Waals surface area contributed by atoms with Crippen molar-refractivity contribution < 1.29 is 17.9 Å². The van der Waals surface area contributed by atoms with Gasteiger partial charge in [-0.2, -0.15) is 13.2 Å². The predicted molar refractivity (Wildman–Crippen MR) is 61.1 cm³/mol. The van der Waals surface area contributed by atoms with Crippen molar-refractivity contribution in [2.75, 3.05) is 0 Å². The lowest BCUT2D eigenvalue weighted by atomic mass is 10.2. The zero-order chi connectivity index (χ0) is 14.0. The molecule has 1 aromatic carbocycles. The summed E-state index contributed by atoms with van der Waals surface area (Å²) in [5.41, 5.74) is -1.53. The number of nitrogens with zero attached hydrogens (tertiary/aromatic N) is 1. The van der Waals surface area contributed by atoms with Crippen LogP contribution in [0, 0.1) is 6.92 Å². The molecule has 7 heteroatoms. The second kappa shape index (κ2) is 4.75. The minimum atomic E-state index is -4.76. The van der Waals surface area contributed by atoms with E-state index in [-0.39, 0.29) is 5.75 Å². The van der Waals surface area contributed by atoms with Gasteiger partial charge in [0, 0.05) is 0 Å². The second-order valence-electron chi connectivity index (χ2n) is 3.83. The van der Waals surface area contributed by atoms with Crippen LogP contribution in [0.15, 0.2) is 35.4 Å². The molecule has 0 aliphatic rings. The summed E-state index contributed by atoms with van der Waals surface area (Å²) in [5, 5.41) is 0. The Bertz CT molecular complexity index is 650. The maximum absolute atomic E-state index is 12.7. The number of hydrogen-bond acceptors (Lipinski definition) is 3. The van der Waals surface area contributed by atoms with E-state index < -0.39 is 23.2 Å². The smallest absolute Gasteiger partial charge is 0.437 e. The highest BCUT2D eigenvalue weighted by Crippen LogP contribution is 2.34. The molecule has 0 bridgehead atoms. The number of hydrogen-bond donors (Lipinski definition) is 1. The Hall–Kier alpha value is -2.31. The summed E-state index contributed by atoms with van der Waals surface area (Å²) in [6.07, 6.45) is -4.07. The normalized spacial score (nSPS) is 11.4. The first-order valence-electron chi connectivity index (χ1n) is 5.27. The van der Waals surface area contributed by atoms with E-state index in [4.69, 9.17) is 4.74 Å². The third kappa shape index (κ3) is 2.93. The summed E-state index contributed by atoms with van der Waals surface area (Å²) in [6.45, 7) is 1.75. The van der Waals surface area contributed by atoms with Crippen molar-refractivity contribution in [2.45, 2.75) is 13.1 Å². The van der Waals surface area contributed by atoms with Gasteiger partial charge >= 0.3 is 6.18 Å². The molecule has 4 nitrogen and oxygen atoms in total. The number of benzene rings is 1. The summed E-state index contributed by atoms with van der Waals surface area (Å²) in [4.78, 5) is 16.6. The van der Waals surface area contributed by atoms with Gasteiger partial charge in [0.05, 0.1) is 6.33 Å². The van der Waals surface area contributed by atoms with Crippen molar-refractivity contribution in [3.8, 4) is 11.5 Å². The number of H-pyrrole nitrogens is 1. The van der Waals surface area contributed by atoms with Crippen molar-refractivity contribution >= 4 is 0 Å². The van der Waals surface area contributed by atoms with Crippen LogP contribution in [-0.4, -0.2) is 9.97 Å². The van der Waals surface area contributed by atoms with Crippen LogP contribution in [0.3, 0.4) is 0 Å². The zero-order valence-corrected chi connectivity index (χ0v) is 9.78. The average Bonchev–Trinajstić information content (AvgIpc) is 2.30. The molecule has 100 valence electrons. The number of aromatic nitrogens is 2. The SMILES string of the molecule is Cc1cccc(Oc2c(C(F)(F)F)nc[nH]c2=O)c1. The van der Waals surface area contributed by atoms with Gasteiger partial charge in [-0.3, -0.25) is 4.79 Å². The first-order valence-corrected chi connectivity index (χ1v) is 5.27. The molecule has 1 aromatic heterocycles. The standard InChI is InChI=1S/C12H9F3N2O2/c1-7-3-2-4-8(5-7)19-9-10(12(13,14)15)16-6-17-11(9)18/h2-6H,1H3,(H,16,17,18). The number of halogens is 3. The minimum absolute atomic E-state index is 0.143. The van der Waals surface area contributed by atoms with Crippen molar-refractivity contribution in [3.05, 3.63) is 52.2 Å².